The van der Waals surface area contributed by atoms with Crippen LogP contribution in [0.25, 0.3) is 78.0 Å². The second kappa shape index (κ2) is 10.1. The Morgan fingerprint density at radius 1 is 0.488 bits per heavy atom. The summed E-state index contributed by atoms with van der Waals surface area (Å²) in [6, 6.07) is 46.5. The van der Waals surface area contributed by atoms with Gasteiger partial charge in [0.25, 0.3) is 0 Å². The Morgan fingerprint density at radius 2 is 1.02 bits per heavy atom. The van der Waals surface area contributed by atoms with Crippen molar-refractivity contribution >= 4 is 32.7 Å². The van der Waals surface area contributed by atoms with Crippen LogP contribution in [0.5, 0.6) is 0 Å². The van der Waals surface area contributed by atoms with Crippen LogP contribution >= 0.6 is 0 Å². The SMILES string of the molecule is N#Cc1cc2c(oc3cccc(-c4ccc(-c5nc(-c6ccccc6)nc(-c6ccccc6)n5)cc4)c32)c2ccccc12. The Kier molecular flexibility index (Phi) is 5.77. The third-order valence-corrected chi connectivity index (χ3v) is 7.78. The van der Waals surface area contributed by atoms with Crippen molar-refractivity contribution in [3.63, 3.8) is 0 Å². The van der Waals surface area contributed by atoms with Gasteiger partial charge in [0.1, 0.15) is 11.2 Å². The van der Waals surface area contributed by atoms with Crippen molar-refractivity contribution in [2.24, 2.45) is 0 Å². The van der Waals surface area contributed by atoms with Crippen LogP contribution in [-0.2, 0) is 0 Å². The monoisotopic (exact) mass is 550 g/mol. The number of benzene rings is 6. The summed E-state index contributed by atoms with van der Waals surface area (Å²) < 4.78 is 6.39. The molecule has 0 aliphatic rings. The van der Waals surface area contributed by atoms with Gasteiger partial charge in [-0.15, -0.1) is 0 Å². The van der Waals surface area contributed by atoms with E-state index in [4.69, 9.17) is 19.4 Å². The summed E-state index contributed by atoms with van der Waals surface area (Å²) in [5, 5.41) is 13.7. The van der Waals surface area contributed by atoms with Crippen LogP contribution in [0.15, 0.2) is 138 Å². The Balaban J connectivity index is 1.27. The molecule has 0 bridgehead atoms. The van der Waals surface area contributed by atoms with E-state index in [0.29, 0.717) is 23.0 Å². The van der Waals surface area contributed by atoms with Crippen LogP contribution in [0, 0.1) is 11.3 Å². The third-order valence-electron chi connectivity index (χ3n) is 7.78. The van der Waals surface area contributed by atoms with Gasteiger partial charge in [-0.25, -0.2) is 15.0 Å². The topological polar surface area (TPSA) is 75.6 Å². The minimum Gasteiger partial charge on any atom is -0.455 e. The van der Waals surface area contributed by atoms with E-state index in [1.807, 2.05) is 115 Å². The van der Waals surface area contributed by atoms with E-state index in [0.717, 1.165) is 60.5 Å². The minimum absolute atomic E-state index is 0.608. The van der Waals surface area contributed by atoms with Crippen LogP contribution in [0.4, 0.5) is 0 Å². The molecule has 5 nitrogen and oxygen atoms in total. The van der Waals surface area contributed by atoms with Crippen LogP contribution in [0.1, 0.15) is 5.56 Å². The highest BCUT2D eigenvalue weighted by atomic mass is 16.3. The fourth-order valence-corrected chi connectivity index (χ4v) is 5.72. The molecule has 0 fully saturated rings. The highest BCUT2D eigenvalue weighted by Gasteiger charge is 2.17. The molecular weight excluding hydrogens is 528 g/mol. The van der Waals surface area contributed by atoms with Crippen molar-refractivity contribution in [2.45, 2.75) is 0 Å². The van der Waals surface area contributed by atoms with Gasteiger partial charge in [0, 0.05) is 38.2 Å². The number of hydrogen-bond acceptors (Lipinski definition) is 5. The van der Waals surface area contributed by atoms with Crippen molar-refractivity contribution in [1.82, 2.24) is 15.0 Å². The number of hydrogen-bond donors (Lipinski definition) is 0. The molecule has 6 aromatic carbocycles. The maximum atomic E-state index is 9.92. The standard InChI is InChI=1S/C38H22N4O/c39-23-28-22-32-34-30(16-9-17-33(34)43-35(32)31-15-8-7-14-29(28)31)24-18-20-27(21-19-24)38-41-36(25-10-3-1-4-11-25)40-37(42-38)26-12-5-2-6-13-26/h1-22H. The number of fused-ring (bicyclic) bond motifs is 5. The van der Waals surface area contributed by atoms with E-state index in [2.05, 4.69) is 24.3 Å². The van der Waals surface area contributed by atoms with Crippen molar-refractivity contribution < 1.29 is 4.42 Å². The van der Waals surface area contributed by atoms with Gasteiger partial charge in [-0.1, -0.05) is 121 Å². The number of aromatic nitrogens is 3. The van der Waals surface area contributed by atoms with E-state index in [1.54, 1.807) is 0 Å². The number of nitrogens with zero attached hydrogens (tertiary/aromatic N) is 4. The molecule has 0 unspecified atom stereocenters. The number of nitriles is 1. The lowest BCUT2D eigenvalue weighted by Gasteiger charge is -2.09. The summed E-state index contributed by atoms with van der Waals surface area (Å²) in [6.07, 6.45) is 0. The largest absolute Gasteiger partial charge is 0.455 e. The van der Waals surface area contributed by atoms with Gasteiger partial charge in [0.2, 0.25) is 0 Å². The van der Waals surface area contributed by atoms with E-state index >= 15 is 0 Å². The Hall–Kier alpha value is -6.12. The molecule has 0 radical (unpaired) electrons. The second-order valence-corrected chi connectivity index (χ2v) is 10.4. The van der Waals surface area contributed by atoms with Gasteiger partial charge in [-0.2, -0.15) is 5.26 Å². The molecule has 0 spiro atoms. The second-order valence-electron chi connectivity index (χ2n) is 10.4. The Labute approximate surface area is 247 Å². The summed E-state index contributed by atoms with van der Waals surface area (Å²) in [5.41, 5.74) is 7.04. The lowest BCUT2D eigenvalue weighted by Crippen LogP contribution is -2.00. The maximum Gasteiger partial charge on any atom is 0.164 e. The zero-order valence-corrected chi connectivity index (χ0v) is 22.9. The molecule has 2 heterocycles. The predicted octanol–water partition coefficient (Wildman–Crippen LogP) is 9.46. The molecule has 2 aromatic heterocycles. The summed E-state index contributed by atoms with van der Waals surface area (Å²) in [4.78, 5) is 14.5. The average molecular weight is 551 g/mol. The molecule has 0 aliphatic heterocycles. The van der Waals surface area contributed by atoms with E-state index < -0.39 is 0 Å². The van der Waals surface area contributed by atoms with Gasteiger partial charge in [0.15, 0.2) is 17.5 Å². The van der Waals surface area contributed by atoms with Gasteiger partial charge in [-0.05, 0) is 23.3 Å². The Morgan fingerprint density at radius 3 is 1.63 bits per heavy atom. The quantitative estimate of drug-likeness (QED) is 0.218. The van der Waals surface area contributed by atoms with Crippen LogP contribution in [-0.4, -0.2) is 15.0 Å². The molecule has 8 aromatic rings. The van der Waals surface area contributed by atoms with Crippen molar-refractivity contribution in [3.05, 3.63) is 139 Å². The molecule has 43 heavy (non-hydrogen) atoms. The van der Waals surface area contributed by atoms with Crippen LogP contribution in [0.3, 0.4) is 0 Å². The maximum absolute atomic E-state index is 9.92. The third kappa shape index (κ3) is 4.21. The minimum atomic E-state index is 0.608. The predicted molar refractivity (Wildman–Crippen MR) is 171 cm³/mol. The molecule has 0 saturated carbocycles. The highest BCUT2D eigenvalue weighted by Crippen LogP contribution is 2.40. The lowest BCUT2D eigenvalue weighted by atomic mass is 9.96. The molecule has 200 valence electrons. The van der Waals surface area contributed by atoms with E-state index in [-0.39, 0.29) is 0 Å². The molecular formula is C38H22N4O. The van der Waals surface area contributed by atoms with E-state index in [9.17, 15) is 5.26 Å². The normalized spacial score (nSPS) is 11.2. The van der Waals surface area contributed by atoms with Crippen molar-refractivity contribution in [1.29, 1.82) is 5.26 Å². The average Bonchev–Trinajstić information content (AvgIpc) is 3.48. The summed E-state index contributed by atoms with van der Waals surface area (Å²) in [6.45, 7) is 0. The molecule has 0 N–H and O–H groups in total. The summed E-state index contributed by atoms with van der Waals surface area (Å²) >= 11 is 0. The summed E-state index contributed by atoms with van der Waals surface area (Å²) in [5.74, 6) is 1.86. The zero-order chi connectivity index (χ0) is 28.8. The fraction of sp³-hybridized carbons (Fsp3) is 0. The Bertz CT molecular complexity index is 2280. The molecule has 0 atom stereocenters. The first-order valence-electron chi connectivity index (χ1n) is 14.0. The number of rotatable bonds is 4. The van der Waals surface area contributed by atoms with E-state index in [1.165, 1.54) is 0 Å². The highest BCUT2D eigenvalue weighted by molar-refractivity contribution is 6.20. The first-order valence-corrected chi connectivity index (χ1v) is 14.0. The summed E-state index contributed by atoms with van der Waals surface area (Å²) in [7, 11) is 0. The molecule has 0 aliphatic carbocycles. The molecule has 0 saturated heterocycles. The van der Waals surface area contributed by atoms with Crippen LogP contribution < -0.4 is 0 Å². The molecule has 8 rings (SSSR count). The van der Waals surface area contributed by atoms with Gasteiger partial charge < -0.3 is 4.42 Å². The lowest BCUT2D eigenvalue weighted by molar-refractivity contribution is 0.673. The zero-order valence-electron chi connectivity index (χ0n) is 22.9. The van der Waals surface area contributed by atoms with Gasteiger partial charge >= 0.3 is 0 Å². The first-order chi connectivity index (χ1) is 21.3. The molecule has 0 amide bonds. The number of furan rings is 1. The van der Waals surface area contributed by atoms with Gasteiger partial charge in [-0.3, -0.25) is 0 Å². The first kappa shape index (κ1) is 24.7. The fourth-order valence-electron chi connectivity index (χ4n) is 5.72. The van der Waals surface area contributed by atoms with Crippen molar-refractivity contribution in [2.75, 3.05) is 0 Å². The molecule has 5 heteroatoms. The smallest absolute Gasteiger partial charge is 0.164 e. The van der Waals surface area contributed by atoms with Crippen LogP contribution in [0.2, 0.25) is 0 Å². The van der Waals surface area contributed by atoms with Gasteiger partial charge in [0.05, 0.1) is 11.6 Å². The van der Waals surface area contributed by atoms with Crippen molar-refractivity contribution in [3.8, 4) is 51.4 Å².